The highest BCUT2D eigenvalue weighted by molar-refractivity contribution is 7.89. The number of hydrogen-bond donors (Lipinski definition) is 1. The Kier molecular flexibility index (Phi) is 4.03. The van der Waals surface area contributed by atoms with Gasteiger partial charge >= 0.3 is 0 Å². The Labute approximate surface area is 114 Å². The number of aliphatic hydroxyl groups is 1. The van der Waals surface area contributed by atoms with Crippen LogP contribution in [0, 0.1) is 12.8 Å². The summed E-state index contributed by atoms with van der Waals surface area (Å²) in [5.74, 6) is 0.999. The molecule has 1 aliphatic heterocycles. The standard InChI is InChI=1S/C13H21NO4S/c1-9-4-5-10(2)14(7-9)19(16,17)13-6-12(8-15)18-11(13)3/h6,9-10,15H,4-5,7-8H2,1-3H3. The average molecular weight is 287 g/mol. The van der Waals surface area contributed by atoms with Gasteiger partial charge in [-0.2, -0.15) is 4.31 Å². The largest absolute Gasteiger partial charge is 0.462 e. The number of aryl methyl sites for hydroxylation is 1. The van der Waals surface area contributed by atoms with Gasteiger partial charge in [-0.1, -0.05) is 6.92 Å². The Morgan fingerprint density at radius 3 is 2.68 bits per heavy atom. The number of furan rings is 1. The molecule has 0 aromatic carbocycles. The van der Waals surface area contributed by atoms with Gasteiger partial charge in [-0.25, -0.2) is 8.42 Å². The topological polar surface area (TPSA) is 70.8 Å². The van der Waals surface area contributed by atoms with E-state index in [1.54, 1.807) is 11.2 Å². The maximum Gasteiger partial charge on any atom is 0.246 e. The van der Waals surface area contributed by atoms with Crippen LogP contribution < -0.4 is 0 Å². The number of rotatable bonds is 3. The zero-order valence-corrected chi connectivity index (χ0v) is 12.4. The van der Waals surface area contributed by atoms with Crippen LogP contribution in [0.5, 0.6) is 0 Å². The number of aliphatic hydroxyl groups excluding tert-OH is 1. The molecule has 0 aliphatic carbocycles. The van der Waals surface area contributed by atoms with Crippen molar-refractivity contribution in [1.82, 2.24) is 4.31 Å². The normalized spacial score (nSPS) is 25.7. The van der Waals surface area contributed by atoms with Crippen LogP contribution in [0.1, 0.15) is 38.2 Å². The molecule has 1 aliphatic rings. The molecule has 2 heterocycles. The van der Waals surface area contributed by atoms with Gasteiger partial charge in [0.15, 0.2) is 0 Å². The first kappa shape index (κ1) is 14.6. The molecule has 0 spiro atoms. The Hall–Kier alpha value is -0.850. The summed E-state index contributed by atoms with van der Waals surface area (Å²) in [6.45, 7) is 5.87. The summed E-state index contributed by atoms with van der Waals surface area (Å²) in [4.78, 5) is 0.178. The molecule has 1 aromatic rings. The smallest absolute Gasteiger partial charge is 0.246 e. The van der Waals surface area contributed by atoms with Crippen molar-refractivity contribution < 1.29 is 17.9 Å². The minimum absolute atomic E-state index is 0.00748. The van der Waals surface area contributed by atoms with Crippen molar-refractivity contribution in [2.45, 2.75) is 51.2 Å². The molecule has 0 bridgehead atoms. The van der Waals surface area contributed by atoms with E-state index in [-0.39, 0.29) is 23.3 Å². The molecule has 108 valence electrons. The summed E-state index contributed by atoms with van der Waals surface area (Å²) in [5, 5.41) is 9.04. The zero-order valence-electron chi connectivity index (χ0n) is 11.6. The fraction of sp³-hybridized carbons (Fsp3) is 0.692. The fourth-order valence-electron chi connectivity index (χ4n) is 2.57. The van der Waals surface area contributed by atoms with Crippen molar-refractivity contribution in [3.8, 4) is 0 Å². The second kappa shape index (κ2) is 5.26. The van der Waals surface area contributed by atoms with Crippen molar-refractivity contribution in [2.24, 2.45) is 5.92 Å². The van der Waals surface area contributed by atoms with Crippen LogP contribution >= 0.6 is 0 Å². The summed E-state index contributed by atoms with van der Waals surface area (Å²) in [7, 11) is -3.54. The lowest BCUT2D eigenvalue weighted by Crippen LogP contribution is -2.44. The van der Waals surface area contributed by atoms with E-state index in [9.17, 15) is 8.42 Å². The summed E-state index contributed by atoms with van der Waals surface area (Å²) >= 11 is 0. The van der Waals surface area contributed by atoms with Gasteiger partial charge in [0.25, 0.3) is 0 Å². The Bertz CT molecular complexity index is 549. The Morgan fingerprint density at radius 1 is 1.42 bits per heavy atom. The van der Waals surface area contributed by atoms with Crippen LogP contribution in [0.15, 0.2) is 15.4 Å². The first-order valence-electron chi connectivity index (χ1n) is 6.58. The molecule has 1 saturated heterocycles. The second-order valence-corrected chi connectivity index (χ2v) is 7.26. The molecule has 2 rings (SSSR count). The molecule has 2 unspecified atom stereocenters. The van der Waals surface area contributed by atoms with E-state index < -0.39 is 10.0 Å². The van der Waals surface area contributed by atoms with Crippen molar-refractivity contribution in [1.29, 1.82) is 0 Å². The molecule has 1 fully saturated rings. The Balaban J connectivity index is 2.37. The van der Waals surface area contributed by atoms with E-state index in [0.717, 1.165) is 12.8 Å². The van der Waals surface area contributed by atoms with Gasteiger partial charge in [0.05, 0.1) is 0 Å². The van der Waals surface area contributed by atoms with Crippen LogP contribution in [-0.4, -0.2) is 30.4 Å². The summed E-state index contributed by atoms with van der Waals surface area (Å²) in [6.07, 6.45) is 1.93. The van der Waals surface area contributed by atoms with Gasteiger partial charge in [0.1, 0.15) is 23.0 Å². The zero-order chi connectivity index (χ0) is 14.2. The molecule has 19 heavy (non-hydrogen) atoms. The highest BCUT2D eigenvalue weighted by atomic mass is 32.2. The maximum atomic E-state index is 12.7. The first-order chi connectivity index (χ1) is 8.86. The van der Waals surface area contributed by atoms with Gasteiger partial charge in [-0.15, -0.1) is 0 Å². The Morgan fingerprint density at radius 2 is 2.11 bits per heavy atom. The van der Waals surface area contributed by atoms with Crippen molar-refractivity contribution in [3.05, 3.63) is 17.6 Å². The minimum Gasteiger partial charge on any atom is -0.462 e. The predicted molar refractivity (Wildman–Crippen MR) is 71.1 cm³/mol. The maximum absolute atomic E-state index is 12.7. The molecule has 6 heteroatoms. The molecule has 2 atom stereocenters. The van der Waals surface area contributed by atoms with E-state index >= 15 is 0 Å². The SMILES string of the molecule is Cc1oc(CO)cc1S(=O)(=O)N1CC(C)CCC1C. The summed E-state index contributed by atoms with van der Waals surface area (Å²) in [5.41, 5.74) is 0. The third kappa shape index (κ3) is 2.70. The van der Waals surface area contributed by atoms with Crippen molar-refractivity contribution >= 4 is 10.0 Å². The average Bonchev–Trinajstić information content (AvgIpc) is 2.74. The third-order valence-electron chi connectivity index (χ3n) is 3.73. The highest BCUT2D eigenvalue weighted by Crippen LogP contribution is 2.30. The lowest BCUT2D eigenvalue weighted by molar-refractivity contribution is 0.217. The van der Waals surface area contributed by atoms with Crippen molar-refractivity contribution in [3.63, 3.8) is 0 Å². The van der Waals surface area contributed by atoms with Gasteiger partial charge in [0, 0.05) is 18.7 Å². The monoisotopic (exact) mass is 287 g/mol. The van der Waals surface area contributed by atoms with E-state index in [1.807, 2.05) is 6.92 Å². The molecule has 0 radical (unpaired) electrons. The molecular weight excluding hydrogens is 266 g/mol. The number of sulfonamides is 1. The van der Waals surface area contributed by atoms with Crippen LogP contribution in [0.3, 0.4) is 0 Å². The summed E-state index contributed by atoms with van der Waals surface area (Å²) < 4.78 is 32.2. The number of nitrogens with zero attached hydrogens (tertiary/aromatic N) is 1. The van der Waals surface area contributed by atoms with Gasteiger partial charge < -0.3 is 9.52 Å². The lowest BCUT2D eigenvalue weighted by atomic mass is 9.97. The van der Waals surface area contributed by atoms with Crippen LogP contribution in [-0.2, 0) is 16.6 Å². The number of hydrogen-bond acceptors (Lipinski definition) is 4. The lowest BCUT2D eigenvalue weighted by Gasteiger charge is -2.35. The molecule has 0 amide bonds. The highest BCUT2D eigenvalue weighted by Gasteiger charge is 2.35. The van der Waals surface area contributed by atoms with Crippen LogP contribution in [0.25, 0.3) is 0 Å². The quantitative estimate of drug-likeness (QED) is 0.921. The molecular formula is C13H21NO4S. The van der Waals surface area contributed by atoms with E-state index in [0.29, 0.717) is 18.2 Å². The van der Waals surface area contributed by atoms with E-state index in [2.05, 4.69) is 6.92 Å². The molecule has 0 saturated carbocycles. The number of piperidine rings is 1. The van der Waals surface area contributed by atoms with Gasteiger partial charge in [-0.3, -0.25) is 0 Å². The first-order valence-corrected chi connectivity index (χ1v) is 8.02. The summed E-state index contributed by atoms with van der Waals surface area (Å²) in [6, 6.07) is 1.43. The van der Waals surface area contributed by atoms with E-state index in [4.69, 9.17) is 9.52 Å². The van der Waals surface area contributed by atoms with E-state index in [1.165, 1.54) is 6.07 Å². The van der Waals surface area contributed by atoms with Crippen molar-refractivity contribution in [2.75, 3.05) is 6.54 Å². The fourth-order valence-corrected chi connectivity index (χ4v) is 4.54. The second-order valence-electron chi connectivity index (χ2n) is 5.40. The van der Waals surface area contributed by atoms with Gasteiger partial charge in [0.2, 0.25) is 10.0 Å². The molecule has 1 N–H and O–H groups in total. The third-order valence-corrected chi connectivity index (χ3v) is 5.81. The predicted octanol–water partition coefficient (Wildman–Crippen LogP) is 1.89. The molecule has 1 aromatic heterocycles. The van der Waals surface area contributed by atoms with Gasteiger partial charge in [-0.05, 0) is 32.6 Å². The minimum atomic E-state index is -3.54. The van der Waals surface area contributed by atoms with Crippen LogP contribution in [0.2, 0.25) is 0 Å². The molecule has 5 nitrogen and oxygen atoms in total. The van der Waals surface area contributed by atoms with Crippen LogP contribution in [0.4, 0.5) is 0 Å².